The number of fused-ring (bicyclic) bond motifs is 1. The number of ether oxygens (including phenoxy) is 3. The predicted molar refractivity (Wildman–Crippen MR) is 93.0 cm³/mol. The Bertz CT molecular complexity index is 532. The van der Waals surface area contributed by atoms with E-state index in [2.05, 4.69) is 6.07 Å². The fourth-order valence-electron chi connectivity index (χ4n) is 3.30. The first-order valence-corrected chi connectivity index (χ1v) is 9.62. The van der Waals surface area contributed by atoms with E-state index < -0.39 is 36.3 Å². The summed E-state index contributed by atoms with van der Waals surface area (Å²) >= 11 is 1.42. The highest BCUT2D eigenvalue weighted by Crippen LogP contribution is 2.42. The highest BCUT2D eigenvalue weighted by atomic mass is 32.2. The molecule has 4 atom stereocenters. The molecule has 0 aromatic carbocycles. The molecule has 2 aliphatic rings. The molecule has 0 N–H and O–H groups in total. The van der Waals surface area contributed by atoms with E-state index in [1.165, 1.54) is 11.8 Å². The number of rotatable bonds is 5. The quantitative estimate of drug-likeness (QED) is 0.689. The van der Waals surface area contributed by atoms with Crippen LogP contribution in [0.25, 0.3) is 0 Å². The zero-order valence-electron chi connectivity index (χ0n) is 15.5. The molecule has 2 fully saturated rings. The molecule has 6 nitrogen and oxygen atoms in total. The number of halogens is 1. The van der Waals surface area contributed by atoms with Crippen molar-refractivity contribution in [1.82, 2.24) is 4.90 Å². The van der Waals surface area contributed by atoms with Gasteiger partial charge in [-0.15, -0.1) is 0 Å². The van der Waals surface area contributed by atoms with Gasteiger partial charge in [0.25, 0.3) is 0 Å². The average Bonchev–Trinajstić information content (AvgIpc) is 2.90. The SMILES string of the molecule is CC(C)(C)OC(=O)N1[C@H](CSCCF)[C@H]2OC(C)(C)O[C@H]2[C@@H]1CC#N. The molecule has 8 heteroatoms. The molecular weight excluding hydrogens is 347 g/mol. The van der Waals surface area contributed by atoms with E-state index in [1.807, 2.05) is 13.8 Å². The van der Waals surface area contributed by atoms with Crippen molar-refractivity contribution in [3.8, 4) is 6.07 Å². The summed E-state index contributed by atoms with van der Waals surface area (Å²) in [6.07, 6.45) is -1.10. The molecule has 0 aromatic rings. The van der Waals surface area contributed by atoms with Gasteiger partial charge in [0.15, 0.2) is 5.79 Å². The van der Waals surface area contributed by atoms with Gasteiger partial charge in [0, 0.05) is 11.5 Å². The van der Waals surface area contributed by atoms with Gasteiger partial charge in [-0.1, -0.05) is 0 Å². The summed E-state index contributed by atoms with van der Waals surface area (Å²) in [7, 11) is 0. The summed E-state index contributed by atoms with van der Waals surface area (Å²) < 4.78 is 30.0. The van der Waals surface area contributed by atoms with Crippen molar-refractivity contribution in [3.63, 3.8) is 0 Å². The minimum atomic E-state index is -0.772. The van der Waals surface area contributed by atoms with Gasteiger partial charge in [-0.25, -0.2) is 4.79 Å². The van der Waals surface area contributed by atoms with Crippen molar-refractivity contribution in [2.75, 3.05) is 18.2 Å². The summed E-state index contributed by atoms with van der Waals surface area (Å²) in [5.41, 5.74) is -0.649. The number of hydrogen-bond donors (Lipinski definition) is 0. The Labute approximate surface area is 153 Å². The third kappa shape index (κ3) is 4.78. The summed E-state index contributed by atoms with van der Waals surface area (Å²) in [4.78, 5) is 14.4. The molecule has 0 aliphatic carbocycles. The number of hydrogen-bond acceptors (Lipinski definition) is 6. The van der Waals surface area contributed by atoms with Crippen molar-refractivity contribution in [2.45, 2.75) is 76.7 Å². The molecule has 0 aromatic heterocycles. The van der Waals surface area contributed by atoms with Gasteiger partial charge in [0.2, 0.25) is 0 Å². The molecule has 2 rings (SSSR count). The standard InChI is InChI=1S/C17H27FN2O4S/c1-16(2,3)24-15(21)20-11(6-8-19)13-14(23-17(4,5)22-13)12(20)10-25-9-7-18/h11-14H,6-7,9-10H2,1-5H3/t11-,12+,13-,14+/m0/s1. The van der Waals surface area contributed by atoms with Crippen molar-refractivity contribution in [3.05, 3.63) is 0 Å². The third-order valence-electron chi connectivity index (χ3n) is 4.05. The van der Waals surface area contributed by atoms with E-state index in [1.54, 1.807) is 25.7 Å². The van der Waals surface area contributed by atoms with Gasteiger partial charge in [0.05, 0.1) is 31.2 Å². The molecule has 2 aliphatic heterocycles. The van der Waals surface area contributed by atoms with E-state index >= 15 is 0 Å². The molecule has 0 unspecified atom stereocenters. The minimum absolute atomic E-state index is 0.129. The lowest BCUT2D eigenvalue weighted by Gasteiger charge is -2.34. The van der Waals surface area contributed by atoms with Crippen LogP contribution < -0.4 is 0 Å². The van der Waals surface area contributed by atoms with Crippen LogP contribution in [0.5, 0.6) is 0 Å². The zero-order valence-corrected chi connectivity index (χ0v) is 16.3. The Kier molecular flexibility index (Phi) is 6.23. The number of carbonyl (C=O) groups is 1. The van der Waals surface area contributed by atoms with E-state index in [0.29, 0.717) is 11.5 Å². The highest BCUT2D eigenvalue weighted by molar-refractivity contribution is 7.99. The molecule has 0 saturated carbocycles. The Morgan fingerprint density at radius 3 is 2.44 bits per heavy atom. The second kappa shape index (κ2) is 7.68. The Morgan fingerprint density at radius 1 is 1.32 bits per heavy atom. The van der Waals surface area contributed by atoms with Crippen LogP contribution in [0.2, 0.25) is 0 Å². The second-order valence-corrected chi connectivity index (χ2v) is 8.86. The molecule has 2 saturated heterocycles. The van der Waals surface area contributed by atoms with Crippen molar-refractivity contribution in [1.29, 1.82) is 5.26 Å². The van der Waals surface area contributed by atoms with Crippen LogP contribution in [-0.4, -0.2) is 64.9 Å². The molecule has 142 valence electrons. The highest BCUT2D eigenvalue weighted by Gasteiger charge is 2.59. The fourth-order valence-corrected chi connectivity index (χ4v) is 4.17. The largest absolute Gasteiger partial charge is 0.444 e. The number of thioether (sulfide) groups is 1. The number of alkyl halides is 1. The fraction of sp³-hybridized carbons (Fsp3) is 0.882. The third-order valence-corrected chi connectivity index (χ3v) is 5.07. The smallest absolute Gasteiger partial charge is 0.411 e. The first kappa shape index (κ1) is 20.3. The molecule has 0 bridgehead atoms. The Balaban J connectivity index is 2.27. The molecule has 0 radical (unpaired) electrons. The molecule has 25 heavy (non-hydrogen) atoms. The average molecular weight is 374 g/mol. The van der Waals surface area contributed by atoms with E-state index in [-0.39, 0.29) is 18.6 Å². The lowest BCUT2D eigenvalue weighted by molar-refractivity contribution is -0.165. The van der Waals surface area contributed by atoms with Gasteiger partial charge in [-0.05, 0) is 34.6 Å². The number of nitrogens with zero attached hydrogens (tertiary/aromatic N) is 2. The maximum absolute atomic E-state index is 12.8. The van der Waals surface area contributed by atoms with Crippen LogP contribution in [0.1, 0.15) is 41.0 Å². The molecule has 0 spiro atoms. The van der Waals surface area contributed by atoms with Crippen LogP contribution in [0.15, 0.2) is 0 Å². The van der Waals surface area contributed by atoms with Gasteiger partial charge in [0.1, 0.15) is 17.8 Å². The molecular formula is C17H27FN2O4S. The van der Waals surface area contributed by atoms with E-state index in [0.717, 1.165) is 0 Å². The maximum Gasteiger partial charge on any atom is 0.411 e. The van der Waals surface area contributed by atoms with Gasteiger partial charge >= 0.3 is 6.09 Å². The van der Waals surface area contributed by atoms with Crippen molar-refractivity contribution >= 4 is 17.9 Å². The second-order valence-electron chi connectivity index (χ2n) is 7.71. The summed E-state index contributed by atoms with van der Waals surface area (Å²) in [6, 6.07) is 1.37. The normalized spacial score (nSPS) is 30.8. The lowest BCUT2D eigenvalue weighted by atomic mass is 10.1. The maximum atomic E-state index is 12.8. The summed E-state index contributed by atoms with van der Waals surface area (Å²) in [5, 5.41) is 9.23. The van der Waals surface area contributed by atoms with Crippen LogP contribution in [-0.2, 0) is 14.2 Å². The zero-order chi connectivity index (χ0) is 18.8. The number of carbonyl (C=O) groups excluding carboxylic acids is 1. The first-order chi connectivity index (χ1) is 11.6. The van der Waals surface area contributed by atoms with E-state index in [4.69, 9.17) is 14.2 Å². The van der Waals surface area contributed by atoms with Crippen molar-refractivity contribution in [2.24, 2.45) is 0 Å². The van der Waals surface area contributed by atoms with E-state index in [9.17, 15) is 14.4 Å². The molecule has 2 heterocycles. The van der Waals surface area contributed by atoms with Crippen LogP contribution >= 0.6 is 11.8 Å². The summed E-state index contributed by atoms with van der Waals surface area (Å²) in [5.74, 6) is 0.0843. The van der Waals surface area contributed by atoms with Gasteiger partial charge in [-0.2, -0.15) is 17.0 Å². The first-order valence-electron chi connectivity index (χ1n) is 8.47. The number of likely N-dealkylation sites (tertiary alicyclic amines) is 1. The topological polar surface area (TPSA) is 71.8 Å². The predicted octanol–water partition coefficient (Wildman–Crippen LogP) is 3.11. The number of amides is 1. The molecule has 1 amide bonds. The van der Waals surface area contributed by atoms with Crippen LogP contribution in [0.4, 0.5) is 9.18 Å². The van der Waals surface area contributed by atoms with Gasteiger partial charge < -0.3 is 14.2 Å². The van der Waals surface area contributed by atoms with Crippen LogP contribution in [0, 0.1) is 11.3 Å². The lowest BCUT2D eigenvalue weighted by Crippen LogP contribution is -2.49. The Hall–Kier alpha value is -1.04. The van der Waals surface area contributed by atoms with Crippen molar-refractivity contribution < 1.29 is 23.4 Å². The van der Waals surface area contributed by atoms with Gasteiger partial charge in [-0.3, -0.25) is 9.29 Å². The minimum Gasteiger partial charge on any atom is -0.444 e. The monoisotopic (exact) mass is 374 g/mol. The number of nitriles is 1. The Morgan fingerprint density at radius 2 is 1.92 bits per heavy atom. The van der Waals surface area contributed by atoms with Crippen LogP contribution in [0.3, 0.4) is 0 Å². The summed E-state index contributed by atoms with van der Waals surface area (Å²) in [6.45, 7) is 8.59.